The number of ether oxygens (including phenoxy) is 1. The van der Waals surface area contributed by atoms with Crippen molar-refractivity contribution in [2.75, 3.05) is 6.54 Å². The number of hydrogen-bond acceptors (Lipinski definition) is 3. The van der Waals surface area contributed by atoms with Crippen molar-refractivity contribution in [2.24, 2.45) is 0 Å². The largest absolute Gasteiger partial charge is 0.481 e. The molecule has 3 aromatic rings. The van der Waals surface area contributed by atoms with E-state index < -0.39 is 6.10 Å². The van der Waals surface area contributed by atoms with Crippen molar-refractivity contribution in [2.45, 2.75) is 25.9 Å². The fraction of sp³-hybridized carbons (Fsp3) is 0.263. The number of H-pyrrole nitrogens is 1. The summed E-state index contributed by atoms with van der Waals surface area (Å²) in [5, 5.41) is 2.92. The Hall–Kier alpha value is -2.82. The Bertz CT molecular complexity index is 765. The van der Waals surface area contributed by atoms with Crippen molar-refractivity contribution in [1.29, 1.82) is 0 Å². The number of aromatic nitrogens is 2. The minimum absolute atomic E-state index is 0.0996. The summed E-state index contributed by atoms with van der Waals surface area (Å²) in [6, 6.07) is 17.3. The van der Waals surface area contributed by atoms with Gasteiger partial charge in [0.15, 0.2) is 6.10 Å². The molecule has 0 bridgehead atoms. The van der Waals surface area contributed by atoms with Gasteiger partial charge < -0.3 is 15.0 Å². The van der Waals surface area contributed by atoms with Gasteiger partial charge in [-0.15, -0.1) is 0 Å². The van der Waals surface area contributed by atoms with Crippen molar-refractivity contribution in [3.05, 3.63) is 60.4 Å². The van der Waals surface area contributed by atoms with Crippen LogP contribution in [0.3, 0.4) is 0 Å². The van der Waals surface area contributed by atoms with Gasteiger partial charge in [0, 0.05) is 13.0 Å². The summed E-state index contributed by atoms with van der Waals surface area (Å²) in [4.78, 5) is 20.0. The maximum atomic E-state index is 12.3. The number of para-hydroxylation sites is 3. The van der Waals surface area contributed by atoms with Gasteiger partial charge in [-0.05, 0) is 30.7 Å². The first-order chi connectivity index (χ1) is 11.8. The highest BCUT2D eigenvalue weighted by Gasteiger charge is 2.17. The zero-order chi connectivity index (χ0) is 16.8. The molecule has 0 saturated heterocycles. The van der Waals surface area contributed by atoms with Crippen LogP contribution in [0.15, 0.2) is 54.6 Å². The van der Waals surface area contributed by atoms with Crippen molar-refractivity contribution >= 4 is 16.9 Å². The van der Waals surface area contributed by atoms with Crippen LogP contribution in [-0.4, -0.2) is 28.5 Å². The lowest BCUT2D eigenvalue weighted by Gasteiger charge is -2.17. The van der Waals surface area contributed by atoms with Gasteiger partial charge in [0.1, 0.15) is 11.6 Å². The van der Waals surface area contributed by atoms with E-state index in [2.05, 4.69) is 15.3 Å². The number of rotatable bonds is 7. The Morgan fingerprint density at radius 3 is 2.67 bits per heavy atom. The van der Waals surface area contributed by atoms with Crippen LogP contribution >= 0.6 is 0 Å². The first-order valence-corrected chi connectivity index (χ1v) is 8.19. The topological polar surface area (TPSA) is 67.0 Å². The van der Waals surface area contributed by atoms with Gasteiger partial charge in [0.2, 0.25) is 0 Å². The Balaban J connectivity index is 1.52. The van der Waals surface area contributed by atoms with Gasteiger partial charge in [-0.25, -0.2) is 4.98 Å². The van der Waals surface area contributed by atoms with Gasteiger partial charge in [0.25, 0.3) is 5.91 Å². The highest BCUT2D eigenvalue weighted by Crippen LogP contribution is 2.13. The number of carbonyl (C=O) groups is 1. The molecule has 5 nitrogen and oxygen atoms in total. The second kappa shape index (κ2) is 7.64. The number of amides is 1. The average Bonchev–Trinajstić information content (AvgIpc) is 3.03. The quantitative estimate of drug-likeness (QED) is 0.702. The Morgan fingerprint density at radius 1 is 1.17 bits per heavy atom. The van der Waals surface area contributed by atoms with E-state index in [0.29, 0.717) is 25.1 Å². The highest BCUT2D eigenvalue weighted by atomic mass is 16.5. The number of fused-ring (bicyclic) bond motifs is 1. The lowest BCUT2D eigenvalue weighted by molar-refractivity contribution is -0.128. The van der Waals surface area contributed by atoms with Crippen LogP contribution in [0.2, 0.25) is 0 Å². The zero-order valence-electron chi connectivity index (χ0n) is 13.7. The van der Waals surface area contributed by atoms with Crippen molar-refractivity contribution in [1.82, 2.24) is 15.3 Å². The standard InChI is InChI=1S/C19H21N3O2/c1-2-17(24-14-8-4-3-5-9-14)19(23)20-13-12-18-21-15-10-6-7-11-16(15)22-18/h3-11,17H,2,12-13H2,1H3,(H,20,23)(H,21,22). The number of nitrogens with one attached hydrogen (secondary N) is 2. The molecular weight excluding hydrogens is 302 g/mol. The number of aromatic amines is 1. The molecule has 0 aliphatic carbocycles. The second-order valence-electron chi connectivity index (χ2n) is 5.57. The zero-order valence-corrected chi connectivity index (χ0v) is 13.7. The third-order valence-corrected chi connectivity index (χ3v) is 3.78. The molecule has 0 spiro atoms. The molecule has 3 rings (SSSR count). The summed E-state index contributed by atoms with van der Waals surface area (Å²) in [7, 11) is 0. The van der Waals surface area contributed by atoms with E-state index in [4.69, 9.17) is 4.74 Å². The molecule has 1 unspecified atom stereocenters. The van der Waals surface area contributed by atoms with Crippen LogP contribution in [0.4, 0.5) is 0 Å². The average molecular weight is 323 g/mol. The van der Waals surface area contributed by atoms with Crippen LogP contribution < -0.4 is 10.1 Å². The lowest BCUT2D eigenvalue weighted by Crippen LogP contribution is -2.39. The van der Waals surface area contributed by atoms with E-state index in [1.54, 1.807) is 0 Å². The molecule has 0 saturated carbocycles. The van der Waals surface area contributed by atoms with E-state index in [0.717, 1.165) is 16.9 Å². The Labute approximate surface area is 141 Å². The third-order valence-electron chi connectivity index (χ3n) is 3.78. The van der Waals surface area contributed by atoms with Gasteiger partial charge in [-0.3, -0.25) is 4.79 Å². The van der Waals surface area contributed by atoms with Crippen LogP contribution in [0.1, 0.15) is 19.2 Å². The second-order valence-corrected chi connectivity index (χ2v) is 5.57. The smallest absolute Gasteiger partial charge is 0.261 e. The fourth-order valence-corrected chi connectivity index (χ4v) is 2.53. The molecular formula is C19H21N3O2. The highest BCUT2D eigenvalue weighted by molar-refractivity contribution is 5.81. The molecule has 1 amide bonds. The molecule has 24 heavy (non-hydrogen) atoms. The molecule has 1 atom stereocenters. The molecule has 2 aromatic carbocycles. The predicted molar refractivity (Wildman–Crippen MR) is 94.0 cm³/mol. The number of nitrogens with zero attached hydrogens (tertiary/aromatic N) is 1. The maximum Gasteiger partial charge on any atom is 0.261 e. The fourth-order valence-electron chi connectivity index (χ4n) is 2.53. The Morgan fingerprint density at radius 2 is 1.92 bits per heavy atom. The lowest BCUT2D eigenvalue weighted by atomic mass is 10.2. The van der Waals surface area contributed by atoms with Gasteiger partial charge in [-0.2, -0.15) is 0 Å². The summed E-state index contributed by atoms with van der Waals surface area (Å²) >= 11 is 0. The van der Waals surface area contributed by atoms with E-state index in [-0.39, 0.29) is 5.91 Å². The molecule has 0 radical (unpaired) electrons. The maximum absolute atomic E-state index is 12.3. The summed E-state index contributed by atoms with van der Waals surface area (Å²) in [5.74, 6) is 1.47. The first kappa shape index (κ1) is 16.1. The summed E-state index contributed by atoms with van der Waals surface area (Å²) in [5.41, 5.74) is 1.95. The number of carbonyl (C=O) groups excluding carboxylic acids is 1. The van der Waals surface area contributed by atoms with Crippen LogP contribution in [0.25, 0.3) is 11.0 Å². The molecule has 0 aliphatic rings. The van der Waals surface area contributed by atoms with E-state index in [1.165, 1.54) is 0 Å². The minimum Gasteiger partial charge on any atom is -0.481 e. The van der Waals surface area contributed by atoms with Gasteiger partial charge in [-0.1, -0.05) is 37.3 Å². The SMILES string of the molecule is CCC(Oc1ccccc1)C(=O)NCCc1nc2ccccc2[nH]1. The van der Waals surface area contributed by atoms with Crippen molar-refractivity contribution in [3.63, 3.8) is 0 Å². The molecule has 2 N–H and O–H groups in total. The normalized spacial score (nSPS) is 12.0. The molecule has 0 fully saturated rings. The molecule has 5 heteroatoms. The minimum atomic E-state index is -0.483. The van der Waals surface area contributed by atoms with E-state index >= 15 is 0 Å². The molecule has 0 aliphatic heterocycles. The number of hydrogen-bond donors (Lipinski definition) is 2. The van der Waals surface area contributed by atoms with E-state index in [9.17, 15) is 4.79 Å². The molecule has 1 heterocycles. The number of imidazole rings is 1. The summed E-state index contributed by atoms with van der Waals surface area (Å²) in [6.07, 6.45) is 0.788. The molecule has 1 aromatic heterocycles. The predicted octanol–water partition coefficient (Wildman–Crippen LogP) is 3.08. The molecule has 124 valence electrons. The van der Waals surface area contributed by atoms with Crippen LogP contribution in [-0.2, 0) is 11.2 Å². The summed E-state index contributed by atoms with van der Waals surface area (Å²) < 4.78 is 5.74. The van der Waals surface area contributed by atoms with Crippen molar-refractivity contribution in [3.8, 4) is 5.75 Å². The monoisotopic (exact) mass is 323 g/mol. The van der Waals surface area contributed by atoms with Crippen LogP contribution in [0, 0.1) is 0 Å². The third kappa shape index (κ3) is 3.93. The van der Waals surface area contributed by atoms with Gasteiger partial charge >= 0.3 is 0 Å². The first-order valence-electron chi connectivity index (χ1n) is 8.19. The van der Waals surface area contributed by atoms with E-state index in [1.807, 2.05) is 61.5 Å². The van der Waals surface area contributed by atoms with Crippen LogP contribution in [0.5, 0.6) is 5.75 Å². The van der Waals surface area contributed by atoms with Gasteiger partial charge in [0.05, 0.1) is 11.0 Å². The number of benzene rings is 2. The summed E-state index contributed by atoms with van der Waals surface area (Å²) in [6.45, 7) is 2.46. The van der Waals surface area contributed by atoms with Crippen molar-refractivity contribution < 1.29 is 9.53 Å². The Kier molecular flexibility index (Phi) is 5.11.